The monoisotopic (exact) mass is 246 g/mol. The first-order chi connectivity index (χ1) is 7.73. The summed E-state index contributed by atoms with van der Waals surface area (Å²) >= 11 is 0. The maximum Gasteiger partial charge on any atom is 0.329 e. The number of hydrogen-bond acceptors (Lipinski definition) is 3. The van der Waals surface area contributed by atoms with Gasteiger partial charge in [-0.15, -0.1) is 0 Å². The molecule has 0 aromatic heterocycles. The zero-order chi connectivity index (χ0) is 13.6. The molecule has 1 atom stereocenters. The van der Waals surface area contributed by atoms with Gasteiger partial charge < -0.3 is 20.1 Å². The van der Waals surface area contributed by atoms with Gasteiger partial charge in [0.1, 0.15) is 5.54 Å². The lowest BCUT2D eigenvalue weighted by molar-refractivity contribution is -0.146. The van der Waals surface area contributed by atoms with E-state index in [0.717, 1.165) is 0 Å². The van der Waals surface area contributed by atoms with Crippen molar-refractivity contribution in [1.82, 2.24) is 10.2 Å². The number of amides is 2. The molecule has 6 nitrogen and oxygen atoms in total. The van der Waals surface area contributed by atoms with E-state index in [2.05, 4.69) is 5.32 Å². The van der Waals surface area contributed by atoms with E-state index in [1.165, 1.54) is 25.8 Å². The number of methoxy groups -OCH3 is 1. The Kier molecular flexibility index (Phi) is 5.95. The molecule has 0 aliphatic rings. The van der Waals surface area contributed by atoms with Crippen molar-refractivity contribution in [2.45, 2.75) is 26.3 Å². The summed E-state index contributed by atoms with van der Waals surface area (Å²) in [6.45, 7) is 5.89. The molecule has 0 radical (unpaired) electrons. The van der Waals surface area contributed by atoms with Crippen LogP contribution < -0.4 is 5.32 Å². The Labute approximate surface area is 102 Å². The van der Waals surface area contributed by atoms with Gasteiger partial charge in [0.15, 0.2) is 0 Å². The molecular weight excluding hydrogens is 224 g/mol. The third kappa shape index (κ3) is 4.60. The first-order valence-electron chi connectivity index (χ1n) is 5.47. The number of nitrogens with zero attached hydrogens (tertiary/aromatic N) is 1. The van der Waals surface area contributed by atoms with Gasteiger partial charge in [0.05, 0.1) is 6.61 Å². The molecular formula is C11H22N2O4. The van der Waals surface area contributed by atoms with Crippen LogP contribution in [0.4, 0.5) is 4.79 Å². The summed E-state index contributed by atoms with van der Waals surface area (Å²) in [4.78, 5) is 23.9. The smallest absolute Gasteiger partial charge is 0.329 e. The molecule has 0 fully saturated rings. The van der Waals surface area contributed by atoms with E-state index in [-0.39, 0.29) is 5.92 Å². The van der Waals surface area contributed by atoms with Crippen molar-refractivity contribution in [2.24, 2.45) is 5.92 Å². The number of carboxylic acid groups (broad SMARTS) is 1. The average molecular weight is 246 g/mol. The predicted octanol–water partition coefficient (Wildman–Crippen LogP) is 0.773. The lowest BCUT2D eigenvalue weighted by Gasteiger charge is -2.31. The molecule has 0 aliphatic heterocycles. The normalized spacial score (nSPS) is 13.0. The van der Waals surface area contributed by atoms with E-state index in [1.54, 1.807) is 7.11 Å². The molecule has 0 saturated heterocycles. The van der Waals surface area contributed by atoms with Gasteiger partial charge in [0.25, 0.3) is 0 Å². The molecule has 0 aromatic carbocycles. The van der Waals surface area contributed by atoms with Crippen LogP contribution in [0.25, 0.3) is 0 Å². The molecule has 0 aromatic rings. The number of ether oxygens (including phenoxy) is 1. The van der Waals surface area contributed by atoms with Crippen LogP contribution in [0.5, 0.6) is 0 Å². The van der Waals surface area contributed by atoms with Gasteiger partial charge in [-0.1, -0.05) is 6.92 Å². The summed E-state index contributed by atoms with van der Waals surface area (Å²) in [5.41, 5.74) is -1.23. The Morgan fingerprint density at radius 1 is 1.47 bits per heavy atom. The zero-order valence-electron chi connectivity index (χ0n) is 11.1. The minimum absolute atomic E-state index is 0.185. The Morgan fingerprint density at radius 2 is 2.00 bits per heavy atom. The van der Waals surface area contributed by atoms with E-state index >= 15 is 0 Å². The van der Waals surface area contributed by atoms with Crippen molar-refractivity contribution in [1.29, 1.82) is 0 Å². The largest absolute Gasteiger partial charge is 0.480 e. The Morgan fingerprint density at radius 3 is 2.41 bits per heavy atom. The van der Waals surface area contributed by atoms with Gasteiger partial charge in [-0.05, 0) is 19.8 Å². The van der Waals surface area contributed by atoms with E-state index in [1.807, 2.05) is 6.92 Å². The van der Waals surface area contributed by atoms with Gasteiger partial charge in [-0.25, -0.2) is 9.59 Å². The van der Waals surface area contributed by atoms with Crippen molar-refractivity contribution in [3.63, 3.8) is 0 Å². The minimum atomic E-state index is -1.23. The predicted molar refractivity (Wildman–Crippen MR) is 63.9 cm³/mol. The topological polar surface area (TPSA) is 78.9 Å². The van der Waals surface area contributed by atoms with Crippen LogP contribution >= 0.6 is 0 Å². The number of carbonyl (C=O) groups is 2. The van der Waals surface area contributed by atoms with E-state index < -0.39 is 17.5 Å². The van der Waals surface area contributed by atoms with Crippen molar-refractivity contribution in [3.05, 3.63) is 0 Å². The number of urea groups is 1. The standard InChI is InChI=1S/C11H22N2O4/c1-8(7-17-5)6-12-10(16)13(4)11(2,3)9(14)15/h8H,6-7H2,1-5H3,(H,12,16)(H,14,15). The Balaban J connectivity index is 4.28. The lowest BCUT2D eigenvalue weighted by atomic mass is 10.0. The summed E-state index contributed by atoms with van der Waals surface area (Å²) in [6, 6.07) is -0.402. The van der Waals surface area contributed by atoms with Crippen LogP contribution in [-0.4, -0.2) is 54.9 Å². The maximum absolute atomic E-state index is 11.7. The number of likely N-dealkylation sites (N-methyl/N-ethyl adjacent to an activating group) is 1. The lowest BCUT2D eigenvalue weighted by Crippen LogP contribution is -2.54. The molecule has 0 rings (SSSR count). The third-order valence-electron chi connectivity index (χ3n) is 2.72. The molecule has 0 aliphatic carbocycles. The fourth-order valence-corrected chi connectivity index (χ4v) is 1.12. The number of carboxylic acids is 1. The second kappa shape index (κ2) is 6.44. The number of nitrogens with one attached hydrogen (secondary N) is 1. The first kappa shape index (κ1) is 15.7. The summed E-state index contributed by atoms with van der Waals surface area (Å²) in [5, 5.41) is 11.7. The van der Waals surface area contributed by atoms with Crippen molar-refractivity contribution < 1.29 is 19.4 Å². The highest BCUT2D eigenvalue weighted by Gasteiger charge is 2.35. The van der Waals surface area contributed by atoms with Crippen LogP contribution in [0, 0.1) is 5.92 Å². The van der Waals surface area contributed by atoms with Gasteiger partial charge in [-0.3, -0.25) is 0 Å². The van der Waals surface area contributed by atoms with Crippen LogP contribution in [0.2, 0.25) is 0 Å². The molecule has 100 valence electrons. The summed E-state index contributed by atoms with van der Waals surface area (Å²) in [5.74, 6) is -0.856. The van der Waals surface area contributed by atoms with E-state index in [9.17, 15) is 9.59 Å². The Hall–Kier alpha value is -1.30. The number of hydrogen-bond donors (Lipinski definition) is 2. The van der Waals surface area contributed by atoms with Gasteiger partial charge in [-0.2, -0.15) is 0 Å². The summed E-state index contributed by atoms with van der Waals surface area (Å²) < 4.78 is 4.94. The number of aliphatic carboxylic acids is 1. The van der Waals surface area contributed by atoms with Crippen LogP contribution in [0.1, 0.15) is 20.8 Å². The molecule has 2 N–H and O–H groups in total. The quantitative estimate of drug-likeness (QED) is 0.725. The summed E-state index contributed by atoms with van der Waals surface area (Å²) in [6.07, 6.45) is 0. The zero-order valence-corrected chi connectivity index (χ0v) is 11.1. The summed E-state index contributed by atoms with van der Waals surface area (Å²) in [7, 11) is 3.06. The van der Waals surface area contributed by atoms with Crippen molar-refractivity contribution in [3.8, 4) is 0 Å². The highest BCUT2D eigenvalue weighted by atomic mass is 16.5. The van der Waals surface area contributed by atoms with Crippen LogP contribution in [0.3, 0.4) is 0 Å². The fourth-order valence-electron chi connectivity index (χ4n) is 1.12. The van der Waals surface area contributed by atoms with Crippen molar-refractivity contribution in [2.75, 3.05) is 27.3 Å². The van der Waals surface area contributed by atoms with E-state index in [4.69, 9.17) is 9.84 Å². The molecule has 17 heavy (non-hydrogen) atoms. The van der Waals surface area contributed by atoms with Gasteiger partial charge in [0.2, 0.25) is 0 Å². The maximum atomic E-state index is 11.7. The molecule has 1 unspecified atom stereocenters. The van der Waals surface area contributed by atoms with E-state index in [0.29, 0.717) is 13.2 Å². The van der Waals surface area contributed by atoms with Crippen molar-refractivity contribution >= 4 is 12.0 Å². The van der Waals surface area contributed by atoms with Gasteiger partial charge in [0, 0.05) is 20.7 Å². The minimum Gasteiger partial charge on any atom is -0.480 e. The van der Waals surface area contributed by atoms with Crippen LogP contribution in [-0.2, 0) is 9.53 Å². The highest BCUT2D eigenvalue weighted by Crippen LogP contribution is 2.12. The first-order valence-corrected chi connectivity index (χ1v) is 5.47. The highest BCUT2D eigenvalue weighted by molar-refractivity contribution is 5.85. The third-order valence-corrected chi connectivity index (χ3v) is 2.72. The number of rotatable bonds is 6. The molecule has 0 bridgehead atoms. The molecule has 6 heteroatoms. The van der Waals surface area contributed by atoms with Crippen LogP contribution in [0.15, 0.2) is 0 Å². The molecule has 0 saturated carbocycles. The molecule has 0 spiro atoms. The van der Waals surface area contributed by atoms with Gasteiger partial charge >= 0.3 is 12.0 Å². The SMILES string of the molecule is COCC(C)CNC(=O)N(C)C(C)(C)C(=O)O. The Bertz CT molecular complexity index is 279. The fraction of sp³-hybridized carbons (Fsp3) is 0.818. The average Bonchev–Trinajstić information content (AvgIpc) is 2.24. The second-order valence-corrected chi connectivity index (χ2v) is 4.67. The molecule has 0 heterocycles. The molecule has 2 amide bonds. The second-order valence-electron chi connectivity index (χ2n) is 4.67. The number of carbonyl (C=O) groups excluding carboxylic acids is 1.